The van der Waals surface area contributed by atoms with Crippen molar-refractivity contribution in [1.82, 2.24) is 10.2 Å². The molecular formula is C23H28Cl2N2O3. The van der Waals surface area contributed by atoms with Crippen molar-refractivity contribution in [1.29, 1.82) is 0 Å². The topological polar surface area (TPSA) is 58.6 Å². The summed E-state index contributed by atoms with van der Waals surface area (Å²) in [4.78, 5) is 27.2. The largest absolute Gasteiger partial charge is 0.484 e. The average molecular weight is 451 g/mol. The molecule has 162 valence electrons. The normalized spacial score (nSPS) is 12.7. The van der Waals surface area contributed by atoms with Crippen molar-refractivity contribution in [3.8, 4) is 5.75 Å². The Bertz CT molecular complexity index is 871. The summed E-state index contributed by atoms with van der Waals surface area (Å²) in [6.07, 6.45) is 0.808. The molecule has 0 heterocycles. The first kappa shape index (κ1) is 24.0. The van der Waals surface area contributed by atoms with Crippen molar-refractivity contribution in [2.45, 2.75) is 52.7 Å². The van der Waals surface area contributed by atoms with Crippen LogP contribution in [0.5, 0.6) is 5.75 Å². The van der Waals surface area contributed by atoms with Crippen molar-refractivity contribution in [2.75, 3.05) is 6.61 Å². The van der Waals surface area contributed by atoms with E-state index in [1.54, 1.807) is 37.3 Å². The predicted molar refractivity (Wildman–Crippen MR) is 121 cm³/mol. The van der Waals surface area contributed by atoms with E-state index in [0.717, 1.165) is 17.5 Å². The third-order valence-corrected chi connectivity index (χ3v) is 5.60. The third-order valence-electron chi connectivity index (χ3n) is 4.93. The van der Waals surface area contributed by atoms with Gasteiger partial charge in [0.15, 0.2) is 6.61 Å². The van der Waals surface area contributed by atoms with Crippen LogP contribution in [0.25, 0.3) is 0 Å². The van der Waals surface area contributed by atoms with Gasteiger partial charge < -0.3 is 15.0 Å². The molecule has 2 rings (SSSR count). The Hall–Kier alpha value is -2.24. The highest BCUT2D eigenvalue weighted by molar-refractivity contribution is 6.31. The summed E-state index contributed by atoms with van der Waals surface area (Å²) in [6.45, 7) is 7.60. The molecule has 0 aliphatic heterocycles. The Morgan fingerprint density at radius 1 is 1.10 bits per heavy atom. The zero-order chi connectivity index (χ0) is 22.3. The molecule has 5 nitrogen and oxygen atoms in total. The minimum atomic E-state index is -0.655. The van der Waals surface area contributed by atoms with Crippen LogP contribution < -0.4 is 10.1 Å². The standard InChI is InChI=1S/C23H28Cl2N2O3/c1-5-16(3)26-23(29)17(4)27(13-18-6-8-19(24)9-7-18)22(28)14-30-20-10-11-21(25)15(2)12-20/h6-12,16-17H,5,13-14H2,1-4H3,(H,26,29). The number of nitrogens with one attached hydrogen (secondary N) is 1. The highest BCUT2D eigenvalue weighted by Crippen LogP contribution is 2.21. The molecule has 7 heteroatoms. The highest BCUT2D eigenvalue weighted by atomic mass is 35.5. The lowest BCUT2D eigenvalue weighted by Crippen LogP contribution is -2.50. The van der Waals surface area contributed by atoms with E-state index < -0.39 is 6.04 Å². The van der Waals surface area contributed by atoms with E-state index in [2.05, 4.69) is 5.32 Å². The van der Waals surface area contributed by atoms with Crippen molar-refractivity contribution >= 4 is 35.0 Å². The number of hydrogen-bond acceptors (Lipinski definition) is 3. The van der Waals surface area contributed by atoms with Gasteiger partial charge in [-0.25, -0.2) is 0 Å². The second-order valence-corrected chi connectivity index (χ2v) is 8.19. The smallest absolute Gasteiger partial charge is 0.261 e. The van der Waals surface area contributed by atoms with Gasteiger partial charge in [0.25, 0.3) is 5.91 Å². The summed E-state index contributed by atoms with van der Waals surface area (Å²) >= 11 is 12.0. The molecule has 2 amide bonds. The summed E-state index contributed by atoms with van der Waals surface area (Å²) in [5.74, 6) is 0.0618. The lowest BCUT2D eigenvalue weighted by atomic mass is 10.1. The maximum Gasteiger partial charge on any atom is 0.261 e. The first-order valence-corrected chi connectivity index (χ1v) is 10.7. The minimum Gasteiger partial charge on any atom is -0.484 e. The first-order valence-electron chi connectivity index (χ1n) is 9.94. The van der Waals surface area contributed by atoms with Gasteiger partial charge in [0.05, 0.1) is 0 Å². The van der Waals surface area contributed by atoms with Crippen LogP contribution in [0.4, 0.5) is 0 Å². The second-order valence-electron chi connectivity index (χ2n) is 7.34. The molecule has 0 radical (unpaired) electrons. The van der Waals surface area contributed by atoms with Crippen LogP contribution in [0, 0.1) is 6.92 Å². The van der Waals surface area contributed by atoms with Crippen molar-refractivity contribution in [2.24, 2.45) is 0 Å². The summed E-state index contributed by atoms with van der Waals surface area (Å²) < 4.78 is 5.67. The quantitative estimate of drug-likeness (QED) is 0.583. The lowest BCUT2D eigenvalue weighted by Gasteiger charge is -2.29. The van der Waals surface area contributed by atoms with Crippen LogP contribution in [-0.2, 0) is 16.1 Å². The summed E-state index contributed by atoms with van der Waals surface area (Å²) in [5.41, 5.74) is 1.74. The Kier molecular flexibility index (Phi) is 9.00. The van der Waals surface area contributed by atoms with Gasteiger partial charge in [0.1, 0.15) is 11.8 Å². The molecule has 0 aromatic heterocycles. The number of aryl methyl sites for hydroxylation is 1. The van der Waals surface area contributed by atoms with Crippen LogP contribution in [0.1, 0.15) is 38.3 Å². The zero-order valence-electron chi connectivity index (χ0n) is 17.7. The van der Waals surface area contributed by atoms with Crippen LogP contribution in [-0.4, -0.2) is 35.4 Å². The summed E-state index contributed by atoms with van der Waals surface area (Å²) in [6, 6.07) is 11.8. The fraction of sp³-hybridized carbons (Fsp3) is 0.391. The molecule has 0 aliphatic carbocycles. The van der Waals surface area contributed by atoms with Gasteiger partial charge >= 0.3 is 0 Å². The zero-order valence-corrected chi connectivity index (χ0v) is 19.3. The van der Waals surface area contributed by atoms with Gasteiger partial charge in [-0.2, -0.15) is 0 Å². The SMILES string of the molecule is CCC(C)NC(=O)C(C)N(Cc1ccc(Cl)cc1)C(=O)COc1ccc(Cl)c(C)c1. The molecule has 1 N–H and O–H groups in total. The van der Waals surface area contributed by atoms with Crippen molar-refractivity contribution in [3.63, 3.8) is 0 Å². The van der Waals surface area contributed by atoms with Gasteiger partial charge in [-0.05, 0) is 68.7 Å². The number of carbonyl (C=O) groups is 2. The fourth-order valence-electron chi connectivity index (χ4n) is 2.77. The number of hydrogen-bond donors (Lipinski definition) is 1. The van der Waals surface area contributed by atoms with E-state index >= 15 is 0 Å². The maximum atomic E-state index is 13.0. The number of ether oxygens (including phenoxy) is 1. The molecule has 2 aromatic carbocycles. The maximum absolute atomic E-state index is 13.0. The molecule has 2 unspecified atom stereocenters. The number of rotatable bonds is 9. The number of carbonyl (C=O) groups excluding carboxylic acids is 2. The number of halogens is 2. The van der Waals surface area contributed by atoms with Crippen molar-refractivity contribution in [3.05, 3.63) is 63.6 Å². The lowest BCUT2D eigenvalue weighted by molar-refractivity contribution is -0.142. The van der Waals surface area contributed by atoms with E-state index in [-0.39, 0.29) is 31.0 Å². The Morgan fingerprint density at radius 2 is 1.77 bits per heavy atom. The van der Waals surface area contributed by atoms with Crippen LogP contribution in [0.2, 0.25) is 10.0 Å². The van der Waals surface area contributed by atoms with Gasteiger partial charge in [0.2, 0.25) is 5.91 Å². The van der Waals surface area contributed by atoms with Gasteiger partial charge in [-0.3, -0.25) is 9.59 Å². The Morgan fingerprint density at radius 3 is 2.37 bits per heavy atom. The predicted octanol–water partition coefficient (Wildman–Crippen LogP) is 5.01. The van der Waals surface area contributed by atoms with Crippen LogP contribution in [0.15, 0.2) is 42.5 Å². The molecule has 2 aromatic rings. The average Bonchev–Trinajstić information content (AvgIpc) is 2.73. The fourth-order valence-corrected chi connectivity index (χ4v) is 3.01. The minimum absolute atomic E-state index is 0.0285. The second kappa shape index (κ2) is 11.2. The third kappa shape index (κ3) is 6.92. The Balaban J connectivity index is 2.15. The van der Waals surface area contributed by atoms with Crippen molar-refractivity contribution < 1.29 is 14.3 Å². The van der Waals surface area contributed by atoms with E-state index in [4.69, 9.17) is 27.9 Å². The molecule has 0 fully saturated rings. The van der Waals surface area contributed by atoms with Gasteiger partial charge in [0, 0.05) is 22.6 Å². The number of nitrogens with zero attached hydrogens (tertiary/aromatic N) is 1. The van der Waals surface area contributed by atoms with Gasteiger partial charge in [-0.1, -0.05) is 42.3 Å². The summed E-state index contributed by atoms with van der Waals surface area (Å²) in [7, 11) is 0. The monoisotopic (exact) mass is 450 g/mol. The molecule has 2 atom stereocenters. The van der Waals surface area contributed by atoms with E-state index in [1.807, 2.05) is 32.9 Å². The highest BCUT2D eigenvalue weighted by Gasteiger charge is 2.27. The molecule has 30 heavy (non-hydrogen) atoms. The summed E-state index contributed by atoms with van der Waals surface area (Å²) in [5, 5.41) is 4.18. The molecular weight excluding hydrogens is 423 g/mol. The molecule has 0 bridgehead atoms. The number of benzene rings is 2. The van der Waals surface area contributed by atoms with Gasteiger partial charge in [-0.15, -0.1) is 0 Å². The van der Waals surface area contributed by atoms with E-state index in [9.17, 15) is 9.59 Å². The molecule has 0 aliphatic rings. The van der Waals surface area contributed by atoms with E-state index in [0.29, 0.717) is 15.8 Å². The molecule has 0 saturated heterocycles. The van der Waals surface area contributed by atoms with E-state index in [1.165, 1.54) is 4.90 Å². The number of amides is 2. The first-order chi connectivity index (χ1) is 14.2. The Labute approximate surface area is 188 Å². The molecule has 0 spiro atoms. The molecule has 0 saturated carbocycles. The van der Waals surface area contributed by atoms with Crippen LogP contribution in [0.3, 0.4) is 0 Å². The van der Waals surface area contributed by atoms with Crippen LogP contribution >= 0.6 is 23.2 Å².